The van der Waals surface area contributed by atoms with Crippen LogP contribution in [0, 0.1) is 0 Å². The van der Waals surface area contributed by atoms with Gasteiger partial charge >= 0.3 is 0 Å². The number of carbonyl (C=O) groups excluding carboxylic acids is 2. The molecule has 5 aliphatic heterocycles. The number of methoxy groups -OCH3 is 2. The van der Waals surface area contributed by atoms with E-state index in [4.69, 9.17) is 15.2 Å². The maximum absolute atomic E-state index is 13.2. The second-order valence-electron chi connectivity index (χ2n) is 21.1. The van der Waals surface area contributed by atoms with Crippen molar-refractivity contribution in [3.8, 4) is 0 Å². The number of hydrogen-bond acceptors (Lipinski definition) is 31. The molecule has 462 valence electrons. The maximum atomic E-state index is 13.2. The van der Waals surface area contributed by atoms with Crippen LogP contribution in [0.4, 0.5) is 67.3 Å². The number of nitrogen functional groups attached to an aromatic ring is 1. The number of alkyl halides is 4. The summed E-state index contributed by atoms with van der Waals surface area (Å²) >= 11 is 4.00. The Morgan fingerprint density at radius 1 is 0.534 bits per heavy atom. The van der Waals surface area contributed by atoms with Gasteiger partial charge < -0.3 is 55.7 Å². The summed E-state index contributed by atoms with van der Waals surface area (Å²) in [5, 5.41) is 61.8. The Balaban J connectivity index is 0.000000144. The molecule has 35 heteroatoms. The first-order valence-electron chi connectivity index (χ1n) is 27.9. The monoisotopic (exact) mass is 1270 g/mol. The van der Waals surface area contributed by atoms with Gasteiger partial charge in [0.25, 0.3) is 11.8 Å². The fraction of sp³-hybridized carbons (Fsp3) is 0.453. The van der Waals surface area contributed by atoms with Gasteiger partial charge in [-0.15, -0.1) is 45.9 Å². The zero-order chi connectivity index (χ0) is 61.2. The molecule has 0 aliphatic carbocycles. The highest BCUT2D eigenvalue weighted by atomic mass is 32.1. The van der Waals surface area contributed by atoms with Crippen molar-refractivity contribution in [3.63, 3.8) is 0 Å². The van der Waals surface area contributed by atoms with Crippen LogP contribution >= 0.6 is 34.0 Å². The Morgan fingerprint density at radius 3 is 1.24 bits per heavy atom. The Bertz CT molecular complexity index is 3390. The minimum atomic E-state index is -2.67. The van der Waals surface area contributed by atoms with E-state index in [-0.39, 0.29) is 62.7 Å². The number of ether oxygens (including phenoxy) is 2. The van der Waals surface area contributed by atoms with Crippen LogP contribution in [-0.2, 0) is 31.9 Å². The second-order valence-corrected chi connectivity index (χ2v) is 24.3. The summed E-state index contributed by atoms with van der Waals surface area (Å²) in [4.78, 5) is 48.0. The topological polar surface area (TPSA) is 324 Å². The lowest BCUT2D eigenvalue weighted by Gasteiger charge is -2.40. The summed E-state index contributed by atoms with van der Waals surface area (Å²) in [5.74, 6) is -3.84. The smallest absolute Gasteiger partial charge is 0.282 e. The number of nitrogens with one attached hydrogen (secondary N) is 3. The van der Waals surface area contributed by atoms with Gasteiger partial charge in [0.2, 0.25) is 38.4 Å². The number of anilines is 9. The molecule has 5 saturated heterocycles. The minimum Gasteiger partial charge on any atom is -0.374 e. The van der Waals surface area contributed by atoms with Crippen molar-refractivity contribution in [1.29, 1.82) is 0 Å². The number of carbonyl (C=O) groups is 2. The molecule has 8 aromatic rings. The van der Waals surface area contributed by atoms with Crippen LogP contribution in [0.3, 0.4) is 0 Å². The van der Waals surface area contributed by atoms with Crippen LogP contribution in [0.15, 0.2) is 85.7 Å². The van der Waals surface area contributed by atoms with E-state index in [0.717, 1.165) is 50.6 Å². The summed E-state index contributed by atoms with van der Waals surface area (Å²) in [5.41, 5.74) is 8.07. The van der Waals surface area contributed by atoms with Crippen molar-refractivity contribution >= 4 is 95.3 Å². The number of benzene rings is 2. The highest BCUT2D eigenvalue weighted by Gasteiger charge is 2.45. The van der Waals surface area contributed by atoms with Crippen molar-refractivity contribution in [3.05, 3.63) is 107 Å². The second kappa shape index (κ2) is 27.6. The number of aromatic nitrogens is 15. The van der Waals surface area contributed by atoms with Crippen molar-refractivity contribution in [2.75, 3.05) is 126 Å². The van der Waals surface area contributed by atoms with Crippen molar-refractivity contribution in [2.24, 2.45) is 0 Å². The van der Waals surface area contributed by atoms with Crippen LogP contribution in [0.5, 0.6) is 0 Å². The standard InChI is InChI=1S/2C22H24F2N8O2S.C9H12N8S/c2*1-34-19(14-3-2-4-16(9-14)32-12-22(23,24)13-32)17(33)10-18-28-30-21(35-18)27-15-5-8-31(11-15)20-25-6-7-26-29-20;10-7-14-16-9(18-7)13-6-1-4-17(5-6)8-11-2-3-12-15-8/h2*2-4,6-7,9,15,19H,5,8,10-13H2,1H3,(H,27,30);2-3,6H,1,4-5H2,(H2,10,14)(H,13,16)/t15-,19+;15-,19-;6-/m111/s1. The predicted octanol–water partition coefficient (Wildman–Crippen LogP) is 4.73. The van der Waals surface area contributed by atoms with E-state index in [1.165, 1.54) is 60.6 Å². The molecule has 0 amide bonds. The van der Waals surface area contributed by atoms with E-state index < -0.39 is 24.1 Å². The third kappa shape index (κ3) is 15.7. The molecule has 2 aromatic carbocycles. The Labute approximate surface area is 512 Å². The van der Waals surface area contributed by atoms with E-state index in [1.807, 2.05) is 0 Å². The van der Waals surface area contributed by atoms with Gasteiger partial charge in [-0.05, 0) is 54.7 Å². The molecule has 88 heavy (non-hydrogen) atoms. The quantitative estimate of drug-likeness (QED) is 0.0706. The molecule has 0 unspecified atom stereocenters. The molecule has 6 aromatic heterocycles. The van der Waals surface area contributed by atoms with Gasteiger partial charge in [0, 0.05) is 83.0 Å². The Kier molecular flexibility index (Phi) is 19.1. The average molecular weight is 1270 g/mol. The molecule has 0 spiro atoms. The van der Waals surface area contributed by atoms with Crippen molar-refractivity contribution in [2.45, 2.75) is 74.3 Å². The van der Waals surface area contributed by atoms with E-state index in [1.54, 1.807) is 83.1 Å². The number of hydrogen-bond donors (Lipinski definition) is 4. The molecular formula is C53H60F4N24O4S3. The fourth-order valence-electron chi connectivity index (χ4n) is 10.5. The lowest BCUT2D eigenvalue weighted by Crippen LogP contribution is -2.56. The molecule has 0 radical (unpaired) electrons. The summed E-state index contributed by atoms with van der Waals surface area (Å²) < 4.78 is 63.9. The van der Waals surface area contributed by atoms with E-state index >= 15 is 0 Å². The molecule has 0 bridgehead atoms. The van der Waals surface area contributed by atoms with Gasteiger partial charge in [0.15, 0.2) is 11.6 Å². The Hall–Kier alpha value is -8.67. The molecule has 13 rings (SSSR count). The fourth-order valence-corrected chi connectivity index (χ4v) is 12.7. The predicted molar refractivity (Wildman–Crippen MR) is 320 cm³/mol. The number of Topliss-reactive ketones (excluding diaryl/α,β-unsaturated/α-hetero) is 2. The van der Waals surface area contributed by atoms with Crippen LogP contribution in [0.2, 0.25) is 0 Å². The zero-order valence-corrected chi connectivity index (χ0v) is 49.9. The van der Waals surface area contributed by atoms with Gasteiger partial charge in [-0.3, -0.25) is 9.59 Å². The van der Waals surface area contributed by atoms with Crippen LogP contribution in [-0.4, -0.2) is 197 Å². The third-order valence-corrected chi connectivity index (χ3v) is 17.0. The van der Waals surface area contributed by atoms with E-state index in [9.17, 15) is 27.2 Å². The first-order chi connectivity index (χ1) is 42.6. The van der Waals surface area contributed by atoms with Crippen molar-refractivity contribution < 1.29 is 36.6 Å². The van der Waals surface area contributed by atoms with Gasteiger partial charge in [-0.25, -0.2) is 32.5 Å². The van der Waals surface area contributed by atoms with Gasteiger partial charge in [-0.1, -0.05) is 58.3 Å². The first-order valence-corrected chi connectivity index (χ1v) is 30.3. The molecular weight excluding hydrogens is 1210 g/mol. The van der Waals surface area contributed by atoms with Gasteiger partial charge in [0.05, 0.1) is 76.2 Å². The summed E-state index contributed by atoms with van der Waals surface area (Å²) in [6.07, 6.45) is 10.8. The summed E-state index contributed by atoms with van der Waals surface area (Å²) in [6, 6.07) is 14.6. The van der Waals surface area contributed by atoms with E-state index in [2.05, 4.69) is 107 Å². The molecule has 5 fully saturated rings. The largest absolute Gasteiger partial charge is 0.374 e. The number of nitrogens with zero attached hydrogens (tertiary/aromatic N) is 20. The average Bonchev–Trinajstić information content (AvgIpc) is 3.72. The lowest BCUT2D eigenvalue weighted by molar-refractivity contribution is -0.129. The van der Waals surface area contributed by atoms with Crippen LogP contribution in [0.1, 0.15) is 52.6 Å². The summed E-state index contributed by atoms with van der Waals surface area (Å²) in [7, 11) is 2.91. The SMILES string of the molecule is CO[C@@H](C(=O)Cc1nnc(N[C@@H]2CCN(c3nccnn3)C2)s1)c1cccc(N2CC(F)(F)C2)c1.CO[C@H](C(=O)Cc1nnc(N[C@@H]2CCN(c3nccnn3)C2)s1)c1cccc(N2CC(F)(F)C2)c1.Nc1nnc(N[C@@H]2CCN(c3nccnn3)C2)s1. The Morgan fingerprint density at radius 2 is 0.909 bits per heavy atom. The number of ketones is 2. The van der Waals surface area contributed by atoms with Gasteiger partial charge in [-0.2, -0.15) is 15.3 Å². The third-order valence-electron chi connectivity index (χ3n) is 14.7. The molecule has 11 heterocycles. The first kappa shape index (κ1) is 61.0. The number of rotatable bonds is 21. The van der Waals surface area contributed by atoms with Gasteiger partial charge in [0.1, 0.15) is 22.2 Å². The highest BCUT2D eigenvalue weighted by Crippen LogP contribution is 2.36. The molecule has 5 aliphatic rings. The summed E-state index contributed by atoms with van der Waals surface area (Å²) in [6.45, 7) is 3.47. The highest BCUT2D eigenvalue weighted by molar-refractivity contribution is 7.18. The normalized spacial score (nSPS) is 19.8. The maximum Gasteiger partial charge on any atom is 0.282 e. The molecule has 5 atom stereocenters. The lowest BCUT2D eigenvalue weighted by atomic mass is 10.0. The molecule has 0 saturated carbocycles. The van der Waals surface area contributed by atoms with Crippen molar-refractivity contribution in [1.82, 2.24) is 76.1 Å². The van der Waals surface area contributed by atoms with Crippen LogP contribution in [0.25, 0.3) is 0 Å². The van der Waals surface area contributed by atoms with Crippen LogP contribution < -0.4 is 46.2 Å². The number of halogens is 4. The molecule has 28 nitrogen and oxygen atoms in total. The molecule has 5 N–H and O–H groups in total. The number of nitrogens with two attached hydrogens (primary N) is 1. The minimum absolute atomic E-state index is 0.0597. The zero-order valence-electron chi connectivity index (χ0n) is 47.5. The van der Waals surface area contributed by atoms with E-state index in [0.29, 0.717) is 84.9 Å².